The van der Waals surface area contributed by atoms with E-state index in [1.165, 1.54) is 0 Å². The number of aryl methyl sites for hydroxylation is 1. The predicted molar refractivity (Wildman–Crippen MR) is 85.0 cm³/mol. The van der Waals surface area contributed by atoms with Crippen molar-refractivity contribution in [2.75, 3.05) is 25.2 Å². The first kappa shape index (κ1) is 16.6. The van der Waals surface area contributed by atoms with Crippen LogP contribution in [0, 0.1) is 24.7 Å². The van der Waals surface area contributed by atoms with Crippen LogP contribution < -0.4 is 5.32 Å². The van der Waals surface area contributed by atoms with Crippen molar-refractivity contribution < 1.29 is 9.90 Å². The fourth-order valence-electron chi connectivity index (χ4n) is 1.79. The first-order valence-electron chi connectivity index (χ1n) is 6.56. The first-order valence-corrected chi connectivity index (χ1v) is 7.95. The van der Waals surface area contributed by atoms with Crippen LogP contribution in [0.25, 0.3) is 0 Å². The lowest BCUT2D eigenvalue weighted by molar-refractivity contribution is 0.0948. The third-order valence-electron chi connectivity index (χ3n) is 2.86. The highest BCUT2D eigenvalue weighted by molar-refractivity contribution is 7.98. The summed E-state index contributed by atoms with van der Waals surface area (Å²) in [6.07, 6.45) is 2.06. The van der Waals surface area contributed by atoms with Crippen LogP contribution in [0.3, 0.4) is 0 Å². The molecule has 0 aliphatic rings. The van der Waals surface area contributed by atoms with E-state index in [1.54, 1.807) is 17.8 Å². The monoisotopic (exact) mass is 291 g/mol. The van der Waals surface area contributed by atoms with E-state index < -0.39 is 0 Å². The third-order valence-corrected chi connectivity index (χ3v) is 3.76. The maximum absolute atomic E-state index is 12.2. The van der Waals surface area contributed by atoms with Gasteiger partial charge in [-0.1, -0.05) is 24.8 Å². The molecule has 0 radical (unpaired) electrons. The molecule has 1 atom stereocenters. The molecule has 1 aromatic rings. The Kier molecular flexibility index (Phi) is 7.21. The molecule has 1 rings (SSSR count). The summed E-state index contributed by atoms with van der Waals surface area (Å²) in [5.41, 5.74) is 2.31. The molecule has 0 spiro atoms. The number of carbonyl (C=O) groups excluding carboxylic acids is 1. The molecule has 1 unspecified atom stereocenters. The van der Waals surface area contributed by atoms with Crippen LogP contribution in [0.4, 0.5) is 0 Å². The number of nitrogens with one attached hydrogen (secondary N) is 1. The minimum atomic E-state index is -0.179. The van der Waals surface area contributed by atoms with Crippen molar-refractivity contribution in [3.8, 4) is 11.8 Å². The van der Waals surface area contributed by atoms with Gasteiger partial charge in [0.05, 0.1) is 0 Å². The highest BCUT2D eigenvalue weighted by Gasteiger charge is 2.10. The molecule has 1 aromatic carbocycles. The van der Waals surface area contributed by atoms with Crippen LogP contribution in [0.5, 0.6) is 0 Å². The van der Waals surface area contributed by atoms with Gasteiger partial charge in [-0.25, -0.2) is 0 Å². The van der Waals surface area contributed by atoms with Gasteiger partial charge in [0.15, 0.2) is 0 Å². The molecule has 0 aliphatic carbocycles. The quantitative estimate of drug-likeness (QED) is 0.817. The highest BCUT2D eigenvalue weighted by Crippen LogP contribution is 2.11. The topological polar surface area (TPSA) is 49.3 Å². The first-order chi connectivity index (χ1) is 9.58. The number of thioether (sulfide) groups is 1. The maximum atomic E-state index is 12.2. The van der Waals surface area contributed by atoms with Gasteiger partial charge in [-0.15, -0.1) is 0 Å². The van der Waals surface area contributed by atoms with E-state index in [9.17, 15) is 4.79 Å². The number of amides is 1. The van der Waals surface area contributed by atoms with E-state index in [1.807, 2.05) is 19.1 Å². The second-order valence-electron chi connectivity index (χ2n) is 4.76. The second-order valence-corrected chi connectivity index (χ2v) is 5.67. The summed E-state index contributed by atoms with van der Waals surface area (Å²) in [5.74, 6) is 6.82. The zero-order chi connectivity index (χ0) is 15.0. The fraction of sp³-hybridized carbons (Fsp3) is 0.438. The van der Waals surface area contributed by atoms with Crippen molar-refractivity contribution in [3.05, 3.63) is 34.9 Å². The van der Waals surface area contributed by atoms with Gasteiger partial charge in [-0.2, -0.15) is 11.8 Å². The molecule has 0 bridgehead atoms. The van der Waals surface area contributed by atoms with Crippen molar-refractivity contribution in [1.82, 2.24) is 5.32 Å². The van der Waals surface area contributed by atoms with Gasteiger partial charge in [-0.05, 0) is 42.5 Å². The summed E-state index contributed by atoms with van der Waals surface area (Å²) in [4.78, 5) is 12.2. The molecular formula is C16H21NO2S. The number of hydrogen-bond acceptors (Lipinski definition) is 3. The fourth-order valence-corrected chi connectivity index (χ4v) is 2.48. The van der Waals surface area contributed by atoms with Gasteiger partial charge in [0.2, 0.25) is 0 Å². The zero-order valence-electron chi connectivity index (χ0n) is 12.2. The summed E-state index contributed by atoms with van der Waals surface area (Å²) in [7, 11) is 0. The summed E-state index contributed by atoms with van der Waals surface area (Å²) in [5, 5.41) is 11.7. The van der Waals surface area contributed by atoms with E-state index >= 15 is 0 Å². The number of rotatable bonds is 5. The summed E-state index contributed by atoms with van der Waals surface area (Å²) >= 11 is 1.78. The molecule has 2 N–H and O–H groups in total. The molecule has 4 heteroatoms. The number of carbonyl (C=O) groups is 1. The van der Waals surface area contributed by atoms with Gasteiger partial charge in [0.1, 0.15) is 6.61 Å². The largest absolute Gasteiger partial charge is 0.384 e. The Hall–Kier alpha value is -1.44. The van der Waals surface area contributed by atoms with E-state index in [0.29, 0.717) is 18.0 Å². The van der Waals surface area contributed by atoms with Crippen molar-refractivity contribution >= 4 is 17.7 Å². The average Bonchev–Trinajstić information content (AvgIpc) is 2.44. The lowest BCUT2D eigenvalue weighted by atomic mass is 10.0. The van der Waals surface area contributed by atoms with Gasteiger partial charge in [-0.3, -0.25) is 4.79 Å². The van der Waals surface area contributed by atoms with E-state index in [-0.39, 0.29) is 12.5 Å². The Morgan fingerprint density at radius 2 is 2.25 bits per heavy atom. The molecule has 0 aromatic heterocycles. The van der Waals surface area contributed by atoms with Gasteiger partial charge >= 0.3 is 0 Å². The Bertz CT molecular complexity index is 517. The van der Waals surface area contributed by atoms with Crippen molar-refractivity contribution in [3.63, 3.8) is 0 Å². The standard InChI is InChI=1S/C16H21NO2S/c1-12(11-20-3)10-17-16(19)15-9-14(5-4-8-18)7-6-13(15)2/h6-7,9,12,18H,8,10-11H2,1-3H3,(H,17,19). The second kappa shape index (κ2) is 8.68. The van der Waals surface area contributed by atoms with Crippen LogP contribution in [0.2, 0.25) is 0 Å². The van der Waals surface area contributed by atoms with Gasteiger partial charge in [0.25, 0.3) is 5.91 Å². The molecule has 1 amide bonds. The van der Waals surface area contributed by atoms with Crippen LogP contribution in [0.1, 0.15) is 28.4 Å². The zero-order valence-corrected chi connectivity index (χ0v) is 13.0. The lowest BCUT2D eigenvalue weighted by Gasteiger charge is -2.12. The van der Waals surface area contributed by atoms with Crippen LogP contribution >= 0.6 is 11.8 Å². The van der Waals surface area contributed by atoms with Crippen molar-refractivity contribution in [2.24, 2.45) is 5.92 Å². The van der Waals surface area contributed by atoms with Crippen molar-refractivity contribution in [2.45, 2.75) is 13.8 Å². The normalized spacial score (nSPS) is 11.4. The highest BCUT2D eigenvalue weighted by atomic mass is 32.2. The van der Waals surface area contributed by atoms with Crippen LogP contribution in [0.15, 0.2) is 18.2 Å². The summed E-state index contributed by atoms with van der Waals surface area (Å²) < 4.78 is 0. The van der Waals surface area contributed by atoms with Crippen LogP contribution in [-0.4, -0.2) is 36.2 Å². The molecule has 0 saturated heterocycles. The Labute approximate surface area is 125 Å². The summed E-state index contributed by atoms with van der Waals surface area (Å²) in [6.45, 7) is 4.52. The number of hydrogen-bond donors (Lipinski definition) is 2. The number of aliphatic hydroxyl groups is 1. The minimum Gasteiger partial charge on any atom is -0.384 e. The molecular weight excluding hydrogens is 270 g/mol. The smallest absolute Gasteiger partial charge is 0.251 e. The van der Waals surface area contributed by atoms with E-state index in [2.05, 4.69) is 30.3 Å². The Morgan fingerprint density at radius 1 is 1.50 bits per heavy atom. The van der Waals surface area contributed by atoms with E-state index in [0.717, 1.165) is 16.9 Å². The molecule has 20 heavy (non-hydrogen) atoms. The molecule has 0 heterocycles. The molecule has 0 aliphatic heterocycles. The maximum Gasteiger partial charge on any atom is 0.251 e. The van der Waals surface area contributed by atoms with Crippen LogP contribution in [-0.2, 0) is 0 Å². The molecule has 0 fully saturated rings. The average molecular weight is 291 g/mol. The van der Waals surface area contributed by atoms with Crippen molar-refractivity contribution in [1.29, 1.82) is 0 Å². The van der Waals surface area contributed by atoms with E-state index in [4.69, 9.17) is 5.11 Å². The third kappa shape index (κ3) is 5.28. The minimum absolute atomic E-state index is 0.0666. The number of benzene rings is 1. The predicted octanol–water partition coefficient (Wildman–Crippen LogP) is 2.07. The Balaban J connectivity index is 2.76. The molecule has 0 saturated carbocycles. The van der Waals surface area contributed by atoms with Gasteiger partial charge < -0.3 is 10.4 Å². The van der Waals surface area contributed by atoms with Gasteiger partial charge in [0, 0.05) is 17.7 Å². The summed E-state index contributed by atoms with van der Waals surface area (Å²) in [6, 6.07) is 5.50. The lowest BCUT2D eigenvalue weighted by Crippen LogP contribution is -2.29. The number of aliphatic hydroxyl groups excluding tert-OH is 1. The SMILES string of the molecule is CSCC(C)CNC(=O)c1cc(C#CCO)ccc1C. The molecule has 108 valence electrons. The Morgan fingerprint density at radius 3 is 2.90 bits per heavy atom. The molecule has 3 nitrogen and oxygen atoms in total.